The van der Waals surface area contributed by atoms with Crippen molar-refractivity contribution in [3.8, 4) is 17.6 Å². The van der Waals surface area contributed by atoms with E-state index >= 15 is 0 Å². The van der Waals surface area contributed by atoms with Crippen molar-refractivity contribution in [1.82, 2.24) is 0 Å². The number of halogens is 1. The first-order chi connectivity index (χ1) is 8.29. The number of benzene rings is 2. The molecule has 0 saturated carbocycles. The minimum atomic E-state index is 0.518. The fourth-order valence-corrected chi connectivity index (χ4v) is 1.53. The molecule has 2 rings (SSSR count). The van der Waals surface area contributed by atoms with Crippen molar-refractivity contribution < 1.29 is 4.74 Å². The van der Waals surface area contributed by atoms with Crippen LogP contribution in [0, 0.1) is 17.8 Å². The lowest BCUT2D eigenvalue weighted by atomic mass is 10.1. The predicted molar refractivity (Wildman–Crippen MR) is 67.0 cm³/mol. The smallest absolute Gasteiger partial charge is 0.146 e. The summed E-state index contributed by atoms with van der Waals surface area (Å²) >= 11 is 6.02. The van der Waals surface area contributed by atoms with Crippen molar-refractivity contribution in [2.45, 2.75) is 0 Å². The number of hydrogen-bond acceptors (Lipinski definition) is 2. The standard InChI is InChI=1S/C14H9ClNO/c15-13-7-6-11(8-9-16)10-14(13)17-12-4-2-1-3-5-12/h1-8,10H. The summed E-state index contributed by atoms with van der Waals surface area (Å²) in [6.07, 6.45) is 1.44. The van der Waals surface area contributed by atoms with Gasteiger partial charge in [0.25, 0.3) is 0 Å². The average molecular weight is 243 g/mol. The number of nitriles is 1. The van der Waals surface area contributed by atoms with Crippen molar-refractivity contribution in [3.05, 3.63) is 65.5 Å². The molecule has 2 aromatic rings. The summed E-state index contributed by atoms with van der Waals surface area (Å²) < 4.78 is 5.63. The van der Waals surface area contributed by atoms with Gasteiger partial charge in [0.05, 0.1) is 17.5 Å². The number of para-hydroxylation sites is 1. The zero-order valence-corrected chi connectivity index (χ0v) is 9.69. The zero-order chi connectivity index (χ0) is 12.1. The highest BCUT2D eigenvalue weighted by molar-refractivity contribution is 6.32. The molecule has 3 heteroatoms. The van der Waals surface area contributed by atoms with Crippen LogP contribution in [-0.2, 0) is 0 Å². The third-order valence-corrected chi connectivity index (χ3v) is 2.47. The molecule has 0 unspecified atom stereocenters. The first kappa shape index (κ1) is 11.5. The van der Waals surface area contributed by atoms with Crippen LogP contribution in [0.15, 0.2) is 48.5 Å². The Balaban J connectivity index is 2.26. The molecule has 0 amide bonds. The second-order valence-electron chi connectivity index (χ2n) is 3.38. The first-order valence-corrected chi connectivity index (χ1v) is 5.42. The maximum Gasteiger partial charge on any atom is 0.146 e. The number of rotatable bonds is 3. The molecule has 0 aliphatic heterocycles. The number of ether oxygens (including phenoxy) is 1. The lowest BCUT2D eigenvalue weighted by Crippen LogP contribution is -1.87. The normalized spacial score (nSPS) is 9.65. The van der Waals surface area contributed by atoms with Crippen LogP contribution in [0.25, 0.3) is 0 Å². The lowest BCUT2D eigenvalue weighted by molar-refractivity contribution is 0.482. The van der Waals surface area contributed by atoms with Crippen molar-refractivity contribution in [2.75, 3.05) is 0 Å². The van der Waals surface area contributed by atoms with E-state index in [0.717, 1.165) is 5.56 Å². The van der Waals surface area contributed by atoms with Crippen molar-refractivity contribution in [1.29, 1.82) is 5.26 Å². The fourth-order valence-electron chi connectivity index (χ4n) is 1.38. The van der Waals surface area contributed by atoms with Crippen LogP contribution in [0.4, 0.5) is 0 Å². The van der Waals surface area contributed by atoms with Crippen LogP contribution < -0.4 is 4.74 Å². The summed E-state index contributed by atoms with van der Waals surface area (Å²) in [5, 5.41) is 9.11. The Labute approximate surface area is 105 Å². The molecule has 17 heavy (non-hydrogen) atoms. The third-order valence-electron chi connectivity index (χ3n) is 2.16. The van der Waals surface area contributed by atoms with Gasteiger partial charge in [-0.2, -0.15) is 5.26 Å². The average Bonchev–Trinajstić information content (AvgIpc) is 2.35. The minimum absolute atomic E-state index is 0.518. The van der Waals surface area contributed by atoms with E-state index in [2.05, 4.69) is 0 Å². The Morgan fingerprint density at radius 3 is 2.59 bits per heavy atom. The van der Waals surface area contributed by atoms with Gasteiger partial charge < -0.3 is 4.74 Å². The highest BCUT2D eigenvalue weighted by Gasteiger charge is 2.04. The minimum Gasteiger partial charge on any atom is -0.456 e. The molecule has 0 aromatic heterocycles. The van der Waals surface area contributed by atoms with Crippen LogP contribution in [0.5, 0.6) is 11.5 Å². The molecule has 0 aliphatic carbocycles. The summed E-state index contributed by atoms with van der Waals surface area (Å²) in [7, 11) is 0. The second kappa shape index (κ2) is 5.38. The van der Waals surface area contributed by atoms with E-state index in [4.69, 9.17) is 21.6 Å². The molecular formula is C14H9ClNO. The molecule has 0 heterocycles. The van der Waals surface area contributed by atoms with Gasteiger partial charge in [0, 0.05) is 0 Å². The maximum atomic E-state index is 8.59. The van der Waals surface area contributed by atoms with Crippen LogP contribution in [0.1, 0.15) is 5.56 Å². The van der Waals surface area contributed by atoms with Crippen molar-refractivity contribution in [2.24, 2.45) is 0 Å². The molecule has 0 N–H and O–H groups in total. The molecule has 0 spiro atoms. The van der Waals surface area contributed by atoms with Gasteiger partial charge >= 0.3 is 0 Å². The Hall–Kier alpha value is -1.98. The Morgan fingerprint density at radius 2 is 1.88 bits per heavy atom. The highest BCUT2D eigenvalue weighted by atomic mass is 35.5. The Kier molecular flexibility index (Phi) is 3.64. The summed E-state index contributed by atoms with van der Waals surface area (Å²) in [6.45, 7) is 0. The largest absolute Gasteiger partial charge is 0.456 e. The van der Waals surface area contributed by atoms with E-state index in [9.17, 15) is 0 Å². The van der Waals surface area contributed by atoms with Gasteiger partial charge in [-0.05, 0) is 29.8 Å². The number of nitrogens with zero attached hydrogens (tertiary/aromatic N) is 1. The van der Waals surface area contributed by atoms with E-state index in [-0.39, 0.29) is 0 Å². The summed E-state index contributed by atoms with van der Waals surface area (Å²) in [5.41, 5.74) is 0.767. The fraction of sp³-hybridized carbons (Fsp3) is 0. The molecule has 0 fully saturated rings. The summed E-state index contributed by atoms with van der Waals surface area (Å²) in [5.74, 6) is 1.25. The molecular weight excluding hydrogens is 234 g/mol. The molecule has 83 valence electrons. The molecule has 0 saturated heterocycles. The number of hydrogen-bond donors (Lipinski definition) is 0. The highest BCUT2D eigenvalue weighted by Crippen LogP contribution is 2.30. The maximum absolute atomic E-state index is 8.59. The van der Waals surface area contributed by atoms with E-state index in [1.54, 1.807) is 18.2 Å². The molecule has 1 radical (unpaired) electrons. The monoisotopic (exact) mass is 242 g/mol. The van der Waals surface area contributed by atoms with Crippen molar-refractivity contribution in [3.63, 3.8) is 0 Å². The van der Waals surface area contributed by atoms with Crippen molar-refractivity contribution >= 4 is 11.6 Å². The Bertz CT molecular complexity index is 546. The molecule has 0 atom stereocenters. The molecule has 0 bridgehead atoms. The summed E-state index contributed by atoms with van der Waals surface area (Å²) in [4.78, 5) is 0. The second-order valence-corrected chi connectivity index (χ2v) is 3.79. The van der Waals surface area contributed by atoms with Crippen LogP contribution in [0.2, 0.25) is 5.02 Å². The Morgan fingerprint density at radius 1 is 1.12 bits per heavy atom. The SMILES string of the molecule is N#C[CH]c1ccc(Cl)c(Oc2ccccc2)c1. The first-order valence-electron chi connectivity index (χ1n) is 5.05. The van der Waals surface area contributed by atoms with Crippen LogP contribution in [-0.4, -0.2) is 0 Å². The van der Waals surface area contributed by atoms with Gasteiger partial charge in [-0.1, -0.05) is 35.9 Å². The molecule has 2 aromatic carbocycles. The topological polar surface area (TPSA) is 33.0 Å². The molecule has 0 aliphatic rings. The van der Waals surface area contributed by atoms with E-state index in [0.29, 0.717) is 16.5 Å². The van der Waals surface area contributed by atoms with Gasteiger partial charge in [-0.15, -0.1) is 0 Å². The van der Waals surface area contributed by atoms with Gasteiger partial charge in [0.2, 0.25) is 0 Å². The van der Waals surface area contributed by atoms with Crippen LogP contribution in [0.3, 0.4) is 0 Å². The van der Waals surface area contributed by atoms with E-state index in [1.165, 1.54) is 6.42 Å². The van der Waals surface area contributed by atoms with E-state index in [1.807, 2.05) is 36.4 Å². The zero-order valence-electron chi connectivity index (χ0n) is 8.93. The van der Waals surface area contributed by atoms with E-state index < -0.39 is 0 Å². The lowest BCUT2D eigenvalue weighted by Gasteiger charge is -2.08. The van der Waals surface area contributed by atoms with Gasteiger partial charge in [0.1, 0.15) is 11.5 Å². The molecule has 2 nitrogen and oxygen atoms in total. The van der Waals surface area contributed by atoms with Gasteiger partial charge in [0.15, 0.2) is 0 Å². The van der Waals surface area contributed by atoms with Gasteiger partial charge in [-0.25, -0.2) is 0 Å². The third kappa shape index (κ3) is 2.99. The van der Waals surface area contributed by atoms with Crippen LogP contribution >= 0.6 is 11.6 Å². The summed E-state index contributed by atoms with van der Waals surface area (Å²) in [6, 6.07) is 16.6. The van der Waals surface area contributed by atoms with Gasteiger partial charge in [-0.3, -0.25) is 0 Å². The predicted octanol–water partition coefficient (Wildman–Crippen LogP) is 4.21. The quantitative estimate of drug-likeness (QED) is 0.808.